The zero-order valence-electron chi connectivity index (χ0n) is 4.22. The van der Waals surface area contributed by atoms with Gasteiger partial charge in [-0.1, -0.05) is 0 Å². The van der Waals surface area contributed by atoms with Crippen molar-refractivity contribution in [2.45, 2.75) is 10.9 Å². The van der Waals surface area contributed by atoms with Crippen LogP contribution in [0.25, 0.3) is 0 Å². The van der Waals surface area contributed by atoms with E-state index in [0.29, 0.717) is 11.2 Å². The Balaban J connectivity index is 2.45. The molecule has 0 saturated carbocycles. The van der Waals surface area contributed by atoms with Crippen LogP contribution >= 0.6 is 0 Å². The van der Waals surface area contributed by atoms with Crippen molar-refractivity contribution in [1.82, 2.24) is 0 Å². The molecule has 0 rings (SSSR count). The summed E-state index contributed by atoms with van der Waals surface area (Å²) in [5.41, 5.74) is 0. The van der Waals surface area contributed by atoms with Crippen LogP contribution in [0.15, 0.2) is 0 Å². The molecule has 0 fully saturated rings. The van der Waals surface area contributed by atoms with Crippen molar-refractivity contribution in [3.63, 3.8) is 0 Å². The van der Waals surface area contributed by atoms with Crippen molar-refractivity contribution in [1.29, 1.82) is 0 Å². The third-order valence-electron chi connectivity index (χ3n) is 0.623. The van der Waals surface area contributed by atoms with E-state index >= 15 is 0 Å². The molecule has 2 radical (unpaired) electrons. The van der Waals surface area contributed by atoms with Gasteiger partial charge >= 0.3 is 53.4 Å². The average molecular weight is 209 g/mol. The van der Waals surface area contributed by atoms with Crippen molar-refractivity contribution >= 4 is 21.1 Å². The average Bonchev–Trinajstić information content (AvgIpc) is 1.69. The van der Waals surface area contributed by atoms with E-state index in [2.05, 4.69) is 0 Å². The standard InChI is InChI=1S/C3H7O.CH3O.Sn/c1-2-3-4;1-2;/h4H,1-3H2;2H,1H2;. The Bertz CT molecular complexity index is 28.9. The molecule has 0 aromatic carbocycles. The van der Waals surface area contributed by atoms with Crippen LogP contribution in [0.5, 0.6) is 0 Å². The van der Waals surface area contributed by atoms with Gasteiger partial charge < -0.3 is 0 Å². The molecule has 0 aromatic heterocycles. The molecular formula is C4H10O2Sn. The third kappa shape index (κ3) is 6.72. The molecule has 0 saturated heterocycles. The Morgan fingerprint density at radius 2 is 2.00 bits per heavy atom. The second kappa shape index (κ2) is 6.72. The molecule has 0 aromatic rings. The first kappa shape index (κ1) is 7.72. The molecule has 0 aliphatic heterocycles. The van der Waals surface area contributed by atoms with Gasteiger partial charge in [-0.05, 0) is 0 Å². The molecule has 0 heterocycles. The van der Waals surface area contributed by atoms with E-state index in [1.54, 1.807) is 0 Å². The zero-order valence-corrected chi connectivity index (χ0v) is 7.08. The Morgan fingerprint density at radius 3 is 2.43 bits per heavy atom. The Kier molecular flexibility index (Phi) is 7.41. The summed E-state index contributed by atoms with van der Waals surface area (Å²) < 4.78 is 1.53. The quantitative estimate of drug-likeness (QED) is 0.481. The van der Waals surface area contributed by atoms with Gasteiger partial charge in [0.1, 0.15) is 0 Å². The predicted molar refractivity (Wildman–Crippen MR) is 29.3 cm³/mol. The number of hydrogen-bond acceptors (Lipinski definition) is 2. The number of hydrogen-bond donors (Lipinski definition) is 2. The Hall–Kier alpha value is 0.719. The molecule has 0 atom stereocenters. The van der Waals surface area contributed by atoms with Crippen LogP contribution in [0.2, 0.25) is 4.44 Å². The Labute approximate surface area is 53.8 Å². The van der Waals surface area contributed by atoms with Crippen molar-refractivity contribution in [3.05, 3.63) is 0 Å². The minimum absolute atomic E-state index is 0.292. The van der Waals surface area contributed by atoms with E-state index in [1.807, 2.05) is 0 Å². The van der Waals surface area contributed by atoms with E-state index in [0.717, 1.165) is 10.9 Å². The van der Waals surface area contributed by atoms with Gasteiger partial charge in [0, 0.05) is 0 Å². The van der Waals surface area contributed by atoms with Gasteiger partial charge in [0.15, 0.2) is 0 Å². The second-order valence-corrected chi connectivity index (χ2v) is 4.99. The van der Waals surface area contributed by atoms with Crippen molar-refractivity contribution in [2.24, 2.45) is 0 Å². The summed E-state index contributed by atoms with van der Waals surface area (Å²) in [5, 5.41) is 16.5. The third-order valence-corrected chi connectivity index (χ3v) is 3.28. The maximum atomic E-state index is 8.29. The van der Waals surface area contributed by atoms with Crippen LogP contribution < -0.4 is 0 Å². The summed E-state index contributed by atoms with van der Waals surface area (Å²) in [4.78, 5) is 0. The van der Waals surface area contributed by atoms with Crippen molar-refractivity contribution in [2.75, 3.05) is 11.2 Å². The molecule has 0 spiro atoms. The SMILES string of the molecule is OCC[CH2][Sn][CH2]O. The first-order chi connectivity index (χ1) is 3.41. The first-order valence-corrected chi connectivity index (χ1v) is 6.38. The van der Waals surface area contributed by atoms with Crippen LogP contribution in [0.3, 0.4) is 0 Å². The van der Waals surface area contributed by atoms with Gasteiger partial charge in [0.05, 0.1) is 0 Å². The van der Waals surface area contributed by atoms with E-state index < -0.39 is 21.1 Å². The molecule has 0 amide bonds. The van der Waals surface area contributed by atoms with Crippen LogP contribution in [-0.2, 0) is 0 Å². The van der Waals surface area contributed by atoms with Gasteiger partial charge in [-0.3, -0.25) is 0 Å². The molecule has 0 unspecified atom stereocenters. The van der Waals surface area contributed by atoms with Crippen LogP contribution in [0.1, 0.15) is 6.42 Å². The summed E-state index contributed by atoms with van der Waals surface area (Å²) in [6.07, 6.45) is 0.896. The van der Waals surface area contributed by atoms with E-state index in [1.165, 1.54) is 0 Å². The molecule has 7 heavy (non-hydrogen) atoms. The van der Waals surface area contributed by atoms with Crippen LogP contribution in [-0.4, -0.2) is 42.6 Å². The van der Waals surface area contributed by atoms with E-state index in [-0.39, 0.29) is 0 Å². The fraction of sp³-hybridized carbons (Fsp3) is 1.00. The predicted octanol–water partition coefficient (Wildman–Crippen LogP) is -0.559. The first-order valence-electron chi connectivity index (χ1n) is 2.34. The van der Waals surface area contributed by atoms with Crippen LogP contribution in [0.4, 0.5) is 0 Å². The minimum atomic E-state index is -0.421. The summed E-state index contributed by atoms with van der Waals surface area (Å²) in [6.45, 7) is 0.292. The van der Waals surface area contributed by atoms with Gasteiger partial charge in [-0.15, -0.1) is 0 Å². The van der Waals surface area contributed by atoms with Gasteiger partial charge in [-0.25, -0.2) is 0 Å². The fourth-order valence-corrected chi connectivity index (χ4v) is 1.90. The molecule has 2 N–H and O–H groups in total. The number of aliphatic hydroxyl groups is 2. The molecular weight excluding hydrogens is 199 g/mol. The molecule has 42 valence electrons. The number of aliphatic hydroxyl groups excluding tert-OH is 2. The summed E-state index contributed by atoms with van der Waals surface area (Å²) in [5.74, 6) is 0. The van der Waals surface area contributed by atoms with Crippen molar-refractivity contribution in [3.8, 4) is 0 Å². The monoisotopic (exact) mass is 210 g/mol. The van der Waals surface area contributed by atoms with Gasteiger partial charge in [0.25, 0.3) is 0 Å². The maximum absolute atomic E-state index is 8.29. The Morgan fingerprint density at radius 1 is 1.29 bits per heavy atom. The van der Waals surface area contributed by atoms with E-state index in [4.69, 9.17) is 10.2 Å². The van der Waals surface area contributed by atoms with Crippen LogP contribution in [0, 0.1) is 0 Å². The molecule has 3 heteroatoms. The second-order valence-electron chi connectivity index (χ2n) is 1.24. The van der Waals surface area contributed by atoms with Gasteiger partial charge in [-0.2, -0.15) is 0 Å². The van der Waals surface area contributed by atoms with E-state index in [9.17, 15) is 0 Å². The normalized spacial score (nSPS) is 9.43. The van der Waals surface area contributed by atoms with Crippen molar-refractivity contribution < 1.29 is 10.2 Å². The zero-order chi connectivity index (χ0) is 5.54. The molecule has 0 aliphatic rings. The molecule has 2 nitrogen and oxygen atoms in total. The molecule has 0 aliphatic carbocycles. The summed E-state index contributed by atoms with van der Waals surface area (Å²) in [6, 6.07) is 0. The molecule has 0 bridgehead atoms. The topological polar surface area (TPSA) is 40.5 Å². The summed E-state index contributed by atoms with van der Waals surface area (Å²) in [7, 11) is 0. The number of rotatable bonds is 4. The fourth-order valence-electron chi connectivity index (χ4n) is 0.283. The summed E-state index contributed by atoms with van der Waals surface area (Å²) >= 11 is -0.421. The van der Waals surface area contributed by atoms with Gasteiger partial charge in [0.2, 0.25) is 0 Å².